The predicted octanol–water partition coefficient (Wildman–Crippen LogP) is 6.30. The summed E-state index contributed by atoms with van der Waals surface area (Å²) in [6.45, 7) is 0.567. The van der Waals surface area contributed by atoms with Crippen LogP contribution in [0.3, 0.4) is 0 Å². The lowest BCUT2D eigenvalue weighted by atomic mass is 9.95. The van der Waals surface area contributed by atoms with Gasteiger partial charge >= 0.3 is 0 Å². The molecule has 3 aromatic rings. The predicted molar refractivity (Wildman–Crippen MR) is 125 cm³/mol. The highest BCUT2D eigenvalue weighted by Gasteiger charge is 2.33. The molecule has 2 N–H and O–H groups in total. The Kier molecular flexibility index (Phi) is 7.33. The maximum absolute atomic E-state index is 13.1. The van der Waals surface area contributed by atoms with Crippen LogP contribution in [-0.2, 0) is 6.54 Å². The molecule has 0 saturated carbocycles. The molecule has 4 rings (SSSR count). The fourth-order valence-electron chi connectivity index (χ4n) is 3.30. The maximum Gasteiger partial charge on any atom is 0.192 e. The fraction of sp³-hybridized carbons (Fsp3) is 0.136. The van der Waals surface area contributed by atoms with Crippen molar-refractivity contribution in [1.29, 1.82) is 0 Å². The van der Waals surface area contributed by atoms with Gasteiger partial charge in [0.05, 0.1) is 6.04 Å². The molecule has 0 amide bonds. The summed E-state index contributed by atoms with van der Waals surface area (Å²) in [5, 5.41) is 6.86. The van der Waals surface area contributed by atoms with E-state index in [1.54, 1.807) is 12.1 Å². The second-order valence-electron chi connectivity index (χ2n) is 6.57. The number of halogens is 4. The van der Waals surface area contributed by atoms with Gasteiger partial charge in [0, 0.05) is 15.5 Å². The summed E-state index contributed by atoms with van der Waals surface area (Å²) in [6.07, 6.45) is 0. The van der Waals surface area contributed by atoms with E-state index in [0.29, 0.717) is 6.54 Å². The zero-order chi connectivity index (χ0) is 19.5. The molecule has 0 aliphatic carbocycles. The van der Waals surface area contributed by atoms with Gasteiger partial charge in [-0.15, -0.1) is 12.4 Å². The number of benzene rings is 3. The van der Waals surface area contributed by atoms with E-state index in [2.05, 4.69) is 54.6 Å². The van der Waals surface area contributed by atoms with Crippen molar-refractivity contribution in [2.45, 2.75) is 18.6 Å². The van der Waals surface area contributed by atoms with E-state index in [0.717, 1.165) is 31.6 Å². The van der Waals surface area contributed by atoms with Crippen molar-refractivity contribution in [3.63, 3.8) is 0 Å². The maximum atomic E-state index is 13.1. The summed E-state index contributed by atoms with van der Waals surface area (Å²) in [6, 6.07) is 22.7. The van der Waals surface area contributed by atoms with Gasteiger partial charge in [-0.25, -0.2) is 9.38 Å². The van der Waals surface area contributed by atoms with Crippen molar-refractivity contribution in [1.82, 2.24) is 10.6 Å². The first kappa shape index (κ1) is 21.8. The zero-order valence-corrected chi connectivity index (χ0v) is 19.3. The Bertz CT molecular complexity index is 1010. The molecule has 29 heavy (non-hydrogen) atoms. The van der Waals surface area contributed by atoms with Gasteiger partial charge in [0.25, 0.3) is 0 Å². The Morgan fingerprint density at radius 3 is 2.07 bits per heavy atom. The Morgan fingerprint density at radius 2 is 1.45 bits per heavy atom. The lowest BCUT2D eigenvalue weighted by Crippen LogP contribution is -2.35. The number of rotatable bonds is 4. The van der Waals surface area contributed by atoms with Gasteiger partial charge in [0.2, 0.25) is 0 Å². The normalized spacial score (nSPS) is 17.8. The first-order valence-corrected chi connectivity index (χ1v) is 10.5. The molecule has 0 unspecified atom stereocenters. The van der Waals surface area contributed by atoms with Crippen LogP contribution in [0.5, 0.6) is 0 Å². The summed E-state index contributed by atoms with van der Waals surface area (Å²) in [5.41, 5.74) is 3.26. The van der Waals surface area contributed by atoms with Gasteiger partial charge in [0.1, 0.15) is 11.9 Å². The van der Waals surface area contributed by atoms with E-state index in [1.165, 1.54) is 12.1 Å². The van der Waals surface area contributed by atoms with E-state index >= 15 is 0 Å². The smallest absolute Gasteiger partial charge is 0.192 e. The third-order valence-corrected chi connectivity index (χ3v) is 6.16. The van der Waals surface area contributed by atoms with Crippen molar-refractivity contribution in [3.05, 3.63) is 104 Å². The van der Waals surface area contributed by atoms with Crippen molar-refractivity contribution >= 4 is 50.2 Å². The van der Waals surface area contributed by atoms with Crippen LogP contribution in [-0.4, -0.2) is 5.96 Å². The quantitative estimate of drug-likeness (QED) is 0.408. The zero-order valence-electron chi connectivity index (χ0n) is 15.3. The van der Waals surface area contributed by atoms with E-state index in [1.807, 2.05) is 36.4 Å². The summed E-state index contributed by atoms with van der Waals surface area (Å²) < 4.78 is 15.2. The first-order chi connectivity index (χ1) is 13.6. The van der Waals surface area contributed by atoms with Crippen molar-refractivity contribution in [2.75, 3.05) is 0 Å². The number of nitrogens with one attached hydrogen (secondary N) is 2. The highest BCUT2D eigenvalue weighted by Crippen LogP contribution is 2.40. The average Bonchev–Trinajstić information content (AvgIpc) is 3.12. The summed E-state index contributed by atoms with van der Waals surface area (Å²) in [5.74, 6) is 0.494. The van der Waals surface area contributed by atoms with Gasteiger partial charge < -0.3 is 10.6 Å². The van der Waals surface area contributed by atoms with Crippen molar-refractivity contribution in [2.24, 2.45) is 4.99 Å². The number of guanidine groups is 1. The van der Waals surface area contributed by atoms with Crippen LogP contribution in [0.2, 0.25) is 0 Å². The lowest BCUT2D eigenvalue weighted by Gasteiger charge is -2.21. The van der Waals surface area contributed by atoms with Gasteiger partial charge in [-0.05, 0) is 41.0 Å². The molecule has 0 radical (unpaired) electrons. The van der Waals surface area contributed by atoms with E-state index in [4.69, 9.17) is 4.99 Å². The van der Waals surface area contributed by atoms with Crippen LogP contribution >= 0.6 is 44.3 Å². The molecule has 2 atom stereocenters. The van der Waals surface area contributed by atoms with Crippen LogP contribution in [0.15, 0.2) is 86.7 Å². The van der Waals surface area contributed by atoms with Crippen molar-refractivity contribution in [3.8, 4) is 0 Å². The Labute approximate surface area is 192 Å². The largest absolute Gasteiger partial charge is 0.352 e. The van der Waals surface area contributed by atoms with Crippen LogP contribution in [0.4, 0.5) is 4.39 Å². The molecule has 0 saturated heterocycles. The van der Waals surface area contributed by atoms with E-state index in [-0.39, 0.29) is 30.3 Å². The van der Waals surface area contributed by atoms with E-state index in [9.17, 15) is 4.39 Å². The molecule has 1 heterocycles. The molecule has 0 spiro atoms. The molecule has 3 nitrogen and oxygen atoms in total. The fourth-order valence-corrected chi connectivity index (χ4v) is 4.35. The highest BCUT2D eigenvalue weighted by atomic mass is 79.9. The highest BCUT2D eigenvalue weighted by molar-refractivity contribution is 9.10. The molecule has 0 aromatic heterocycles. The lowest BCUT2D eigenvalue weighted by molar-refractivity contribution is 0.566. The summed E-state index contributed by atoms with van der Waals surface area (Å²) >= 11 is 7.33. The third kappa shape index (κ3) is 5.00. The van der Waals surface area contributed by atoms with Crippen LogP contribution in [0.25, 0.3) is 0 Å². The average molecular weight is 540 g/mol. The van der Waals surface area contributed by atoms with E-state index < -0.39 is 0 Å². The molecule has 1 aliphatic rings. The van der Waals surface area contributed by atoms with Gasteiger partial charge in [-0.3, -0.25) is 0 Å². The number of hydrogen-bond acceptors (Lipinski definition) is 3. The monoisotopic (exact) mass is 537 g/mol. The first-order valence-electron chi connectivity index (χ1n) is 8.93. The molecule has 1 aliphatic heterocycles. The Balaban J connectivity index is 0.00000240. The second kappa shape index (κ2) is 9.74. The van der Waals surface area contributed by atoms with Gasteiger partial charge in [0.15, 0.2) is 5.96 Å². The molecule has 7 heteroatoms. The van der Waals surface area contributed by atoms with Gasteiger partial charge in [-0.2, -0.15) is 0 Å². The Morgan fingerprint density at radius 1 is 0.862 bits per heavy atom. The van der Waals surface area contributed by atoms with Crippen LogP contribution in [0, 0.1) is 5.82 Å². The minimum Gasteiger partial charge on any atom is -0.352 e. The van der Waals surface area contributed by atoms with Crippen LogP contribution < -0.4 is 10.6 Å². The van der Waals surface area contributed by atoms with Gasteiger partial charge in [-0.1, -0.05) is 80.4 Å². The Hall–Kier alpha value is -1.89. The van der Waals surface area contributed by atoms with Crippen LogP contribution in [0.1, 0.15) is 28.8 Å². The second-order valence-corrected chi connectivity index (χ2v) is 8.28. The number of aliphatic imine (C=N–C) groups is 1. The molecule has 0 fully saturated rings. The molecular weight excluding hydrogens is 521 g/mol. The topological polar surface area (TPSA) is 36.4 Å². The molecular formula is C22H19Br2ClFN3. The summed E-state index contributed by atoms with van der Waals surface area (Å²) in [7, 11) is 0. The molecule has 3 aromatic carbocycles. The molecule has 150 valence electrons. The standard InChI is InChI=1S/C22H18Br2FN3.ClH/c23-18-7-3-1-5-16(18)20-21(17-6-2-4-8-19(17)24)28-22(27-20)26-13-14-9-11-15(25)12-10-14;/h1-12,20-21H,13H2,(H2,26,27,28);1H/t20-,21+;. The molecule has 0 bridgehead atoms. The number of hydrogen-bond donors (Lipinski definition) is 2. The number of nitrogens with zero attached hydrogens (tertiary/aromatic N) is 1. The third-order valence-electron chi connectivity index (χ3n) is 4.71. The summed E-state index contributed by atoms with van der Waals surface area (Å²) in [4.78, 5) is 4.92. The SMILES string of the molecule is Cl.Fc1ccc(CNC2=N[C@@H](c3ccccc3Br)[C@@H](c3ccccc3Br)N2)cc1. The minimum absolute atomic E-state index is 0. The minimum atomic E-state index is -0.233. The van der Waals surface area contributed by atoms with Crippen molar-refractivity contribution < 1.29 is 4.39 Å².